The molecule has 0 unspecified atom stereocenters. The van der Waals surface area contributed by atoms with Crippen molar-refractivity contribution in [2.45, 2.75) is 57.2 Å². The molecule has 1 aliphatic heterocycles. The summed E-state index contributed by atoms with van der Waals surface area (Å²) in [5.74, 6) is 0.0661. The fourth-order valence-corrected chi connectivity index (χ4v) is 4.44. The molecule has 1 aromatic heterocycles. The summed E-state index contributed by atoms with van der Waals surface area (Å²) in [6, 6.07) is 13.5. The van der Waals surface area contributed by atoms with Crippen LogP contribution in [0.25, 0.3) is 0 Å². The van der Waals surface area contributed by atoms with E-state index in [1.807, 2.05) is 47.4 Å². The minimum atomic E-state index is -0.372. The average Bonchev–Trinajstić information content (AvgIpc) is 3.06. The largest absolute Gasteiger partial charge is 0.350 e. The maximum atomic E-state index is 13.0. The second-order valence-corrected chi connectivity index (χ2v) is 7.61. The molecule has 2 amide bonds. The third-order valence-electron chi connectivity index (χ3n) is 5.86. The van der Waals surface area contributed by atoms with Crippen LogP contribution in [0, 0.1) is 0 Å². The Morgan fingerprint density at radius 2 is 1.85 bits per heavy atom. The number of fused-ring (bicyclic) bond motifs is 1. The number of rotatable bonds is 5. The number of hydrogen-bond donors (Lipinski definition) is 1. The molecule has 2 aromatic rings. The number of carbonyl (C=O) groups is 2. The highest BCUT2D eigenvalue weighted by atomic mass is 16.2. The van der Waals surface area contributed by atoms with Crippen molar-refractivity contribution in [3.8, 4) is 0 Å². The minimum absolute atomic E-state index is 0.00805. The van der Waals surface area contributed by atoms with Gasteiger partial charge >= 0.3 is 0 Å². The zero-order chi connectivity index (χ0) is 18.7. The first-order valence-corrected chi connectivity index (χ1v) is 9.74. The topological polar surface area (TPSA) is 62.3 Å². The number of nitrogens with zero attached hydrogens (tertiary/aromatic N) is 2. The molecule has 140 valence electrons. The Bertz CT molecular complexity index is 828. The molecule has 2 heterocycles. The first-order valence-electron chi connectivity index (χ1n) is 9.74. The summed E-state index contributed by atoms with van der Waals surface area (Å²) in [6.45, 7) is 1.03. The third kappa shape index (κ3) is 3.59. The van der Waals surface area contributed by atoms with Crippen molar-refractivity contribution >= 4 is 11.8 Å². The van der Waals surface area contributed by atoms with Gasteiger partial charge in [-0.15, -0.1) is 0 Å². The van der Waals surface area contributed by atoms with Gasteiger partial charge in [0.15, 0.2) is 0 Å². The van der Waals surface area contributed by atoms with Gasteiger partial charge in [0.2, 0.25) is 5.91 Å². The van der Waals surface area contributed by atoms with Crippen LogP contribution in [0.2, 0.25) is 0 Å². The molecule has 1 N–H and O–H groups in total. The van der Waals surface area contributed by atoms with E-state index < -0.39 is 0 Å². The molecular formula is C22H25N3O2. The van der Waals surface area contributed by atoms with Gasteiger partial charge in [0.05, 0.1) is 17.8 Å². The van der Waals surface area contributed by atoms with Gasteiger partial charge in [-0.05, 0) is 36.6 Å². The monoisotopic (exact) mass is 363 g/mol. The molecule has 0 spiro atoms. The molecule has 0 bridgehead atoms. The molecule has 1 fully saturated rings. The predicted octanol–water partition coefficient (Wildman–Crippen LogP) is 3.45. The van der Waals surface area contributed by atoms with Crippen molar-refractivity contribution in [3.63, 3.8) is 0 Å². The van der Waals surface area contributed by atoms with E-state index in [0.29, 0.717) is 19.5 Å². The SMILES string of the molecule is O=C(CC1(N2Cc3ccccc3C2=O)CCCCC1)NCc1ccccn1. The number of aromatic nitrogens is 1. The molecular weight excluding hydrogens is 338 g/mol. The Labute approximate surface area is 159 Å². The molecule has 1 aliphatic carbocycles. The van der Waals surface area contributed by atoms with Crippen LogP contribution >= 0.6 is 0 Å². The van der Waals surface area contributed by atoms with Gasteiger partial charge in [0, 0.05) is 24.7 Å². The summed E-state index contributed by atoms with van der Waals surface area (Å²) in [4.78, 5) is 32.0. The smallest absolute Gasteiger partial charge is 0.254 e. The highest BCUT2D eigenvalue weighted by Crippen LogP contribution is 2.41. The van der Waals surface area contributed by atoms with Gasteiger partial charge in [-0.3, -0.25) is 14.6 Å². The molecule has 4 rings (SSSR count). The van der Waals surface area contributed by atoms with E-state index in [1.54, 1.807) is 6.20 Å². The second kappa shape index (κ2) is 7.51. The second-order valence-electron chi connectivity index (χ2n) is 7.61. The Morgan fingerprint density at radius 3 is 2.59 bits per heavy atom. The van der Waals surface area contributed by atoms with Gasteiger partial charge in [-0.2, -0.15) is 0 Å². The lowest BCUT2D eigenvalue weighted by Gasteiger charge is -2.44. The zero-order valence-electron chi connectivity index (χ0n) is 15.5. The van der Waals surface area contributed by atoms with Crippen molar-refractivity contribution in [1.29, 1.82) is 0 Å². The molecule has 0 atom stereocenters. The molecule has 1 aromatic carbocycles. The number of pyridine rings is 1. The molecule has 27 heavy (non-hydrogen) atoms. The van der Waals surface area contributed by atoms with Crippen molar-refractivity contribution < 1.29 is 9.59 Å². The molecule has 2 aliphatic rings. The number of carbonyl (C=O) groups excluding carboxylic acids is 2. The number of amides is 2. The van der Waals surface area contributed by atoms with Gasteiger partial charge in [0.1, 0.15) is 0 Å². The molecule has 5 heteroatoms. The predicted molar refractivity (Wildman–Crippen MR) is 103 cm³/mol. The molecule has 0 saturated heterocycles. The minimum Gasteiger partial charge on any atom is -0.350 e. The molecule has 1 saturated carbocycles. The lowest BCUT2D eigenvalue weighted by Crippen LogP contribution is -2.52. The van der Waals surface area contributed by atoms with Crippen LogP contribution in [0.1, 0.15) is 60.1 Å². The molecule has 5 nitrogen and oxygen atoms in total. The summed E-state index contributed by atoms with van der Waals surface area (Å²) in [5, 5.41) is 2.99. The summed E-state index contributed by atoms with van der Waals surface area (Å²) < 4.78 is 0. The lowest BCUT2D eigenvalue weighted by atomic mass is 9.77. The van der Waals surface area contributed by atoms with Crippen molar-refractivity contribution in [2.75, 3.05) is 0 Å². The Kier molecular flexibility index (Phi) is 4.92. The van der Waals surface area contributed by atoms with Crippen LogP contribution < -0.4 is 5.32 Å². The van der Waals surface area contributed by atoms with Crippen LogP contribution in [-0.2, 0) is 17.9 Å². The Morgan fingerprint density at radius 1 is 1.07 bits per heavy atom. The summed E-state index contributed by atoms with van der Waals surface area (Å²) in [6.07, 6.45) is 7.17. The fourth-order valence-electron chi connectivity index (χ4n) is 4.44. The van der Waals surface area contributed by atoms with E-state index in [1.165, 1.54) is 6.42 Å². The Hall–Kier alpha value is -2.69. The van der Waals surface area contributed by atoms with Gasteiger partial charge in [-0.25, -0.2) is 0 Å². The fraction of sp³-hybridized carbons (Fsp3) is 0.409. The number of hydrogen-bond acceptors (Lipinski definition) is 3. The zero-order valence-corrected chi connectivity index (χ0v) is 15.5. The van der Waals surface area contributed by atoms with Crippen LogP contribution in [-0.4, -0.2) is 27.2 Å². The van der Waals surface area contributed by atoms with Crippen molar-refractivity contribution in [1.82, 2.24) is 15.2 Å². The maximum absolute atomic E-state index is 13.0. The van der Waals surface area contributed by atoms with E-state index in [-0.39, 0.29) is 17.4 Å². The number of benzene rings is 1. The number of nitrogens with one attached hydrogen (secondary N) is 1. The highest BCUT2D eigenvalue weighted by molar-refractivity contribution is 5.99. The van der Waals surface area contributed by atoms with Crippen molar-refractivity contribution in [3.05, 3.63) is 65.5 Å². The van der Waals surface area contributed by atoms with E-state index >= 15 is 0 Å². The van der Waals surface area contributed by atoms with E-state index in [4.69, 9.17) is 0 Å². The van der Waals surface area contributed by atoms with E-state index in [2.05, 4.69) is 10.3 Å². The summed E-state index contributed by atoms with van der Waals surface area (Å²) in [7, 11) is 0. The lowest BCUT2D eigenvalue weighted by molar-refractivity contribution is -0.124. The Balaban J connectivity index is 1.49. The maximum Gasteiger partial charge on any atom is 0.254 e. The standard InChI is InChI=1S/C22H25N3O2/c26-20(24-15-18-9-4-7-13-23-18)14-22(11-5-1-6-12-22)25-16-17-8-2-3-10-19(17)21(25)27/h2-4,7-10,13H,1,5-6,11-12,14-16H2,(H,24,26). The average molecular weight is 363 g/mol. The van der Waals surface area contributed by atoms with Crippen molar-refractivity contribution in [2.24, 2.45) is 0 Å². The molecule has 0 radical (unpaired) electrons. The quantitative estimate of drug-likeness (QED) is 0.885. The first kappa shape index (κ1) is 17.7. The van der Waals surface area contributed by atoms with Crippen LogP contribution in [0.4, 0.5) is 0 Å². The van der Waals surface area contributed by atoms with Crippen LogP contribution in [0.3, 0.4) is 0 Å². The third-order valence-corrected chi connectivity index (χ3v) is 5.86. The van der Waals surface area contributed by atoms with Crippen LogP contribution in [0.15, 0.2) is 48.7 Å². The summed E-state index contributed by atoms with van der Waals surface area (Å²) >= 11 is 0. The van der Waals surface area contributed by atoms with Gasteiger partial charge in [0.25, 0.3) is 5.91 Å². The first-order chi connectivity index (χ1) is 13.2. The van der Waals surface area contributed by atoms with E-state index in [9.17, 15) is 9.59 Å². The van der Waals surface area contributed by atoms with Gasteiger partial charge < -0.3 is 10.2 Å². The normalized spacial score (nSPS) is 18.2. The van der Waals surface area contributed by atoms with Crippen LogP contribution in [0.5, 0.6) is 0 Å². The highest BCUT2D eigenvalue weighted by Gasteiger charge is 2.45. The van der Waals surface area contributed by atoms with Gasteiger partial charge in [-0.1, -0.05) is 43.5 Å². The van der Waals surface area contributed by atoms with E-state index in [0.717, 1.165) is 42.5 Å². The summed E-state index contributed by atoms with van der Waals surface area (Å²) in [5.41, 5.74) is 2.33.